The quantitative estimate of drug-likeness (QED) is 0.236. The SMILES string of the molecule is [B]c1c([B])c([B])c(N(c2ccccc2)c2ccc3ccc4c5ccccc5c5oc(-c6ccccc6)nc5c4c3c2)c([B])c1[B]. The summed E-state index contributed by atoms with van der Waals surface area (Å²) in [6.45, 7) is 0. The number of oxazole rings is 1. The van der Waals surface area contributed by atoms with Gasteiger partial charge in [-0.25, -0.2) is 4.98 Å². The van der Waals surface area contributed by atoms with Gasteiger partial charge in [-0.1, -0.05) is 89.8 Å². The molecule has 1 aromatic heterocycles. The summed E-state index contributed by atoms with van der Waals surface area (Å²) in [4.78, 5) is 7.06. The fraction of sp³-hybridized carbons (Fsp3) is 0. The molecule has 7 aromatic carbocycles. The van der Waals surface area contributed by atoms with Crippen molar-refractivity contribution in [3.63, 3.8) is 0 Å². The van der Waals surface area contributed by atoms with Crippen LogP contribution in [0.25, 0.3) is 54.9 Å². The van der Waals surface area contributed by atoms with Crippen LogP contribution in [0, 0.1) is 0 Å². The van der Waals surface area contributed by atoms with Crippen molar-refractivity contribution < 1.29 is 4.42 Å². The minimum Gasteiger partial charge on any atom is -0.435 e. The first kappa shape index (κ1) is 27.5. The Kier molecular flexibility index (Phi) is 6.42. The summed E-state index contributed by atoms with van der Waals surface area (Å²) in [5.74, 6) is 0.565. The van der Waals surface area contributed by atoms with Gasteiger partial charge in [-0.2, -0.15) is 0 Å². The van der Waals surface area contributed by atoms with Crippen LogP contribution in [0.1, 0.15) is 0 Å². The zero-order valence-corrected chi connectivity index (χ0v) is 24.2. The van der Waals surface area contributed by atoms with Crippen molar-refractivity contribution in [2.75, 3.05) is 4.90 Å². The Morgan fingerprint density at radius 2 is 1.11 bits per heavy atom. The fourth-order valence-electron chi connectivity index (χ4n) is 6.28. The van der Waals surface area contributed by atoms with Crippen molar-refractivity contribution >= 4 is 127 Å². The van der Waals surface area contributed by atoms with Crippen LogP contribution < -0.4 is 32.2 Å². The monoisotopic (exact) mass is 562 g/mol. The maximum absolute atomic E-state index is 6.62. The van der Waals surface area contributed by atoms with Crippen LogP contribution in [0.2, 0.25) is 0 Å². The molecule has 1 heterocycles. The molecule has 0 aliphatic rings. The van der Waals surface area contributed by atoms with Crippen molar-refractivity contribution in [1.29, 1.82) is 0 Å². The molecule has 0 N–H and O–H groups in total. The Hall–Kier alpha value is -5.09. The van der Waals surface area contributed by atoms with Gasteiger partial charge in [0.1, 0.15) is 44.7 Å². The van der Waals surface area contributed by atoms with E-state index in [1.54, 1.807) is 0 Å². The molecule has 0 amide bonds. The van der Waals surface area contributed by atoms with Crippen LogP contribution in [0.15, 0.2) is 120 Å². The number of para-hydroxylation sites is 1. The summed E-state index contributed by atoms with van der Waals surface area (Å²) in [5.41, 5.74) is 5.57. The van der Waals surface area contributed by atoms with Crippen LogP contribution in [-0.4, -0.2) is 44.2 Å². The first-order valence-electron chi connectivity index (χ1n) is 14.5. The van der Waals surface area contributed by atoms with Crippen molar-refractivity contribution in [2.24, 2.45) is 0 Å². The molecule has 198 valence electrons. The molecule has 45 heavy (non-hydrogen) atoms. The van der Waals surface area contributed by atoms with Gasteiger partial charge in [-0.15, -0.1) is 16.4 Å². The van der Waals surface area contributed by atoms with E-state index in [1.165, 1.54) is 0 Å². The lowest BCUT2D eigenvalue weighted by molar-refractivity contribution is 0.623. The van der Waals surface area contributed by atoms with E-state index in [-0.39, 0.29) is 27.3 Å². The molecule has 0 bridgehead atoms. The molecule has 0 saturated heterocycles. The van der Waals surface area contributed by atoms with Crippen molar-refractivity contribution in [1.82, 2.24) is 4.98 Å². The van der Waals surface area contributed by atoms with Crippen LogP contribution >= 0.6 is 0 Å². The van der Waals surface area contributed by atoms with Gasteiger partial charge in [0.15, 0.2) is 5.58 Å². The lowest BCUT2D eigenvalue weighted by Gasteiger charge is -2.32. The summed E-state index contributed by atoms with van der Waals surface area (Å²) in [6, 6.07) is 38.5. The molecular formula is C37H19B5N2O. The average molecular weight is 562 g/mol. The van der Waals surface area contributed by atoms with Gasteiger partial charge in [0.25, 0.3) is 0 Å². The largest absolute Gasteiger partial charge is 0.435 e. The summed E-state index contributed by atoms with van der Waals surface area (Å²) in [5, 5.41) is 6.17. The molecule has 0 fully saturated rings. The summed E-state index contributed by atoms with van der Waals surface area (Å²) in [6.07, 6.45) is 0. The standard InChI is InChI=1S/C37H19B5N2O/c38-29-30(39)32(41)35(33(42)31(29)40)44(22-11-5-2-6-12-22)23-17-15-20-16-18-25-24-13-7-8-14-26(24)36-34(28(25)27(20)19-23)43-37(45-36)21-9-3-1-4-10-21/h1-19H. The lowest BCUT2D eigenvalue weighted by Crippen LogP contribution is -2.56. The van der Waals surface area contributed by atoms with Crippen LogP contribution in [0.5, 0.6) is 0 Å². The average Bonchev–Trinajstić information content (AvgIpc) is 3.54. The Labute approximate surface area is 267 Å². The van der Waals surface area contributed by atoms with Crippen molar-refractivity contribution in [3.05, 3.63) is 115 Å². The van der Waals surface area contributed by atoms with Gasteiger partial charge < -0.3 is 9.32 Å². The predicted molar refractivity (Wildman–Crippen MR) is 194 cm³/mol. The van der Waals surface area contributed by atoms with Gasteiger partial charge >= 0.3 is 0 Å². The molecule has 0 saturated carbocycles. The first-order chi connectivity index (χ1) is 21.9. The summed E-state index contributed by atoms with van der Waals surface area (Å²) >= 11 is 0. The van der Waals surface area contributed by atoms with Gasteiger partial charge in [0, 0.05) is 33.4 Å². The highest BCUT2D eigenvalue weighted by atomic mass is 16.3. The van der Waals surface area contributed by atoms with E-state index in [0.717, 1.165) is 60.4 Å². The van der Waals surface area contributed by atoms with Crippen molar-refractivity contribution in [2.45, 2.75) is 0 Å². The lowest BCUT2D eigenvalue weighted by atomic mass is 9.61. The van der Waals surface area contributed by atoms with Gasteiger partial charge in [-0.05, 0) is 57.9 Å². The number of fused-ring (bicyclic) bond motifs is 8. The number of nitrogens with zero attached hydrogens (tertiary/aromatic N) is 2. The summed E-state index contributed by atoms with van der Waals surface area (Å²) < 4.78 is 6.52. The Morgan fingerprint density at radius 1 is 0.511 bits per heavy atom. The number of benzene rings is 7. The highest BCUT2D eigenvalue weighted by molar-refractivity contribution is 6.69. The van der Waals surface area contributed by atoms with Gasteiger partial charge in [0.05, 0.1) is 0 Å². The third-order valence-corrected chi connectivity index (χ3v) is 8.52. The Bertz CT molecular complexity index is 2410. The third-order valence-electron chi connectivity index (χ3n) is 8.52. The molecule has 8 heteroatoms. The van der Waals surface area contributed by atoms with Crippen LogP contribution in [-0.2, 0) is 0 Å². The molecule has 0 unspecified atom stereocenters. The van der Waals surface area contributed by atoms with E-state index in [4.69, 9.17) is 48.6 Å². The predicted octanol–water partition coefficient (Wildman–Crippen LogP) is 4.39. The summed E-state index contributed by atoms with van der Waals surface area (Å²) in [7, 11) is 32.1. The molecule has 0 aliphatic heterocycles. The zero-order chi connectivity index (χ0) is 30.8. The zero-order valence-electron chi connectivity index (χ0n) is 24.2. The molecule has 8 aromatic rings. The van der Waals surface area contributed by atoms with E-state index in [2.05, 4.69) is 36.4 Å². The highest BCUT2D eigenvalue weighted by Gasteiger charge is 2.22. The Balaban J connectivity index is 1.48. The topological polar surface area (TPSA) is 29.3 Å². The Morgan fingerprint density at radius 3 is 1.82 bits per heavy atom. The molecule has 3 nitrogen and oxygen atoms in total. The van der Waals surface area contributed by atoms with Gasteiger partial charge in [-0.3, -0.25) is 0 Å². The first-order valence-corrected chi connectivity index (χ1v) is 14.5. The number of hydrogen-bond acceptors (Lipinski definition) is 3. The number of hydrogen-bond donors (Lipinski definition) is 0. The molecule has 10 radical (unpaired) electrons. The van der Waals surface area contributed by atoms with E-state index in [1.807, 2.05) is 83.8 Å². The second-order valence-electron chi connectivity index (χ2n) is 11.1. The molecule has 0 atom stereocenters. The minimum atomic E-state index is 0.167. The fourth-order valence-corrected chi connectivity index (χ4v) is 6.28. The van der Waals surface area contributed by atoms with Gasteiger partial charge in [0.2, 0.25) is 5.89 Å². The number of aromatic nitrogens is 1. The van der Waals surface area contributed by atoms with Crippen LogP contribution in [0.3, 0.4) is 0 Å². The third kappa shape index (κ3) is 4.23. The smallest absolute Gasteiger partial charge is 0.227 e. The minimum absolute atomic E-state index is 0.167. The molecule has 8 rings (SSSR count). The second kappa shape index (κ2) is 10.5. The maximum atomic E-state index is 6.62. The van der Waals surface area contributed by atoms with E-state index < -0.39 is 0 Å². The van der Waals surface area contributed by atoms with E-state index in [0.29, 0.717) is 11.6 Å². The van der Waals surface area contributed by atoms with Crippen LogP contribution in [0.4, 0.5) is 17.1 Å². The number of anilines is 3. The van der Waals surface area contributed by atoms with E-state index >= 15 is 0 Å². The van der Waals surface area contributed by atoms with Crippen molar-refractivity contribution in [3.8, 4) is 11.5 Å². The molecule has 0 spiro atoms. The second-order valence-corrected chi connectivity index (χ2v) is 11.1. The maximum Gasteiger partial charge on any atom is 0.227 e. The molecular weight excluding hydrogens is 542 g/mol. The highest BCUT2D eigenvalue weighted by Crippen LogP contribution is 2.42. The van der Waals surface area contributed by atoms with E-state index in [9.17, 15) is 0 Å². The number of rotatable bonds is 4. The normalized spacial score (nSPS) is 11.6. The molecule has 0 aliphatic carbocycles.